The van der Waals surface area contributed by atoms with Gasteiger partial charge in [-0.2, -0.15) is 0 Å². The molecule has 0 aliphatic heterocycles. The van der Waals surface area contributed by atoms with E-state index in [0.717, 1.165) is 6.26 Å². The molecule has 0 aliphatic rings. The molecule has 0 saturated heterocycles. The number of sulfone groups is 1. The Bertz CT molecular complexity index is 591. The van der Waals surface area contributed by atoms with Crippen LogP contribution < -0.4 is 5.32 Å². The summed E-state index contributed by atoms with van der Waals surface area (Å²) in [5.41, 5.74) is 0.418. The molecule has 0 radical (unpaired) electrons. The van der Waals surface area contributed by atoms with E-state index in [1.54, 1.807) is 27.7 Å². The van der Waals surface area contributed by atoms with Gasteiger partial charge in [0.2, 0.25) is 0 Å². The van der Waals surface area contributed by atoms with E-state index in [9.17, 15) is 13.2 Å². The van der Waals surface area contributed by atoms with Gasteiger partial charge in [0.15, 0.2) is 14.9 Å². The van der Waals surface area contributed by atoms with Crippen LogP contribution in [0.25, 0.3) is 0 Å². The van der Waals surface area contributed by atoms with Gasteiger partial charge in [-0.3, -0.25) is 5.32 Å². The van der Waals surface area contributed by atoms with E-state index in [1.807, 2.05) is 27.7 Å². The second kappa shape index (κ2) is 10.2. The predicted molar refractivity (Wildman–Crippen MR) is 94.6 cm³/mol. The number of carbonyl (C=O) groups excluding carboxylic acids is 1. The minimum absolute atomic E-state index is 0.0280. The smallest absolute Gasteiger partial charge is 0.412 e. The molecule has 6 nitrogen and oxygen atoms in total. The maximum absolute atomic E-state index is 11.6. The van der Waals surface area contributed by atoms with E-state index in [0.29, 0.717) is 11.3 Å². The summed E-state index contributed by atoms with van der Waals surface area (Å²) in [5, 5.41) is 2.50. The third kappa shape index (κ3) is 9.89. The highest BCUT2D eigenvalue weighted by atomic mass is 32.2. The van der Waals surface area contributed by atoms with Crippen molar-refractivity contribution < 1.29 is 17.9 Å². The molecule has 7 heteroatoms. The molecule has 23 heavy (non-hydrogen) atoms. The number of aryl methyl sites for hydroxylation is 1. The molecule has 134 valence electrons. The van der Waals surface area contributed by atoms with Crippen molar-refractivity contribution in [2.75, 3.05) is 11.6 Å². The monoisotopic (exact) mass is 346 g/mol. The maximum Gasteiger partial charge on any atom is 0.412 e. The largest absolute Gasteiger partial charge is 0.444 e. The Balaban J connectivity index is 0. The third-order valence-corrected chi connectivity index (χ3v) is 3.08. The maximum atomic E-state index is 11.6. The number of hydrogen-bond donors (Lipinski definition) is 1. The van der Waals surface area contributed by atoms with Crippen molar-refractivity contribution in [2.24, 2.45) is 0 Å². The van der Waals surface area contributed by atoms with Crippen LogP contribution in [0.15, 0.2) is 17.3 Å². The van der Waals surface area contributed by atoms with Crippen molar-refractivity contribution in [1.29, 1.82) is 0 Å². The summed E-state index contributed by atoms with van der Waals surface area (Å²) in [4.78, 5) is 15.4. The van der Waals surface area contributed by atoms with Crippen molar-refractivity contribution >= 4 is 21.6 Å². The second-order valence-corrected chi connectivity index (χ2v) is 7.20. The summed E-state index contributed by atoms with van der Waals surface area (Å²) in [7, 11) is -3.35. The molecule has 0 unspecified atom stereocenters. The minimum Gasteiger partial charge on any atom is -0.444 e. The number of hydrogen-bond acceptors (Lipinski definition) is 5. The third-order valence-electron chi connectivity index (χ3n) is 2.10. The van der Waals surface area contributed by atoms with Crippen LogP contribution in [0.5, 0.6) is 0 Å². The van der Waals surface area contributed by atoms with Gasteiger partial charge in [0, 0.05) is 6.26 Å². The molecule has 0 aromatic carbocycles. The lowest BCUT2D eigenvalue weighted by atomic mass is 10.2. The van der Waals surface area contributed by atoms with Crippen LogP contribution in [0.4, 0.5) is 10.5 Å². The van der Waals surface area contributed by atoms with Gasteiger partial charge in [-0.1, -0.05) is 27.7 Å². The van der Waals surface area contributed by atoms with E-state index in [2.05, 4.69) is 10.3 Å². The average Bonchev–Trinajstić information content (AvgIpc) is 2.42. The summed E-state index contributed by atoms with van der Waals surface area (Å²) >= 11 is 0. The van der Waals surface area contributed by atoms with Crippen molar-refractivity contribution in [3.05, 3.63) is 17.8 Å². The molecule has 1 rings (SSSR count). The summed E-state index contributed by atoms with van der Waals surface area (Å²) in [5.74, 6) is 0. The fourth-order valence-corrected chi connectivity index (χ4v) is 1.91. The highest BCUT2D eigenvalue weighted by Crippen LogP contribution is 2.18. The Hall–Kier alpha value is -1.63. The Labute approximate surface area is 140 Å². The van der Waals surface area contributed by atoms with Crippen molar-refractivity contribution in [3.63, 3.8) is 0 Å². The van der Waals surface area contributed by atoms with Crippen LogP contribution in [0.3, 0.4) is 0 Å². The SMILES string of the molecule is CC.CC.Cc1cc(S(C)(=O)=O)ncc1NC(=O)OC(C)(C)C. The van der Waals surface area contributed by atoms with Gasteiger partial charge in [0.25, 0.3) is 0 Å². The van der Waals surface area contributed by atoms with Crippen LogP contribution >= 0.6 is 0 Å². The zero-order valence-corrected chi connectivity index (χ0v) is 16.5. The summed E-state index contributed by atoms with van der Waals surface area (Å²) < 4.78 is 27.8. The number of rotatable bonds is 2. The number of amides is 1. The Morgan fingerprint density at radius 2 is 1.65 bits per heavy atom. The number of ether oxygens (including phenoxy) is 1. The molecule has 0 saturated carbocycles. The quantitative estimate of drug-likeness (QED) is 0.867. The summed E-state index contributed by atoms with van der Waals surface area (Å²) in [6.45, 7) is 14.9. The average molecular weight is 346 g/mol. The van der Waals surface area contributed by atoms with E-state index in [-0.39, 0.29) is 5.03 Å². The first-order valence-corrected chi connectivity index (χ1v) is 9.55. The zero-order chi connectivity index (χ0) is 18.8. The molecule has 0 fully saturated rings. The second-order valence-electron chi connectivity index (χ2n) is 5.24. The first-order valence-electron chi connectivity index (χ1n) is 7.66. The minimum atomic E-state index is -3.35. The molecule has 0 atom stereocenters. The van der Waals surface area contributed by atoms with Crippen LogP contribution in [0.1, 0.15) is 54.0 Å². The molecule has 0 bridgehead atoms. The molecule has 0 aliphatic carbocycles. The lowest BCUT2D eigenvalue weighted by Crippen LogP contribution is -2.27. The normalized spacial score (nSPS) is 10.5. The predicted octanol–water partition coefficient (Wildman–Crippen LogP) is 4.19. The Morgan fingerprint density at radius 1 is 1.17 bits per heavy atom. The number of carbonyl (C=O) groups is 1. The van der Waals surface area contributed by atoms with Crippen LogP contribution in [0.2, 0.25) is 0 Å². The lowest BCUT2D eigenvalue weighted by Gasteiger charge is -2.20. The van der Waals surface area contributed by atoms with Gasteiger partial charge in [0.05, 0.1) is 11.9 Å². The van der Waals surface area contributed by atoms with Gasteiger partial charge in [-0.15, -0.1) is 0 Å². The number of nitrogens with zero attached hydrogens (tertiary/aromatic N) is 1. The number of anilines is 1. The summed E-state index contributed by atoms with van der Waals surface area (Å²) in [6, 6.07) is 1.40. The molecule has 1 amide bonds. The van der Waals surface area contributed by atoms with E-state index in [4.69, 9.17) is 4.74 Å². The van der Waals surface area contributed by atoms with Crippen molar-refractivity contribution in [3.8, 4) is 0 Å². The molecule has 1 heterocycles. The highest BCUT2D eigenvalue weighted by molar-refractivity contribution is 7.90. The molecular formula is C16H30N2O4S. The first-order chi connectivity index (χ1) is 10.5. The van der Waals surface area contributed by atoms with Crippen LogP contribution in [0, 0.1) is 6.92 Å². The topological polar surface area (TPSA) is 85.4 Å². The molecule has 1 aromatic rings. The highest BCUT2D eigenvalue weighted by Gasteiger charge is 2.17. The van der Waals surface area contributed by atoms with Crippen LogP contribution in [-0.2, 0) is 14.6 Å². The van der Waals surface area contributed by atoms with E-state index in [1.165, 1.54) is 12.3 Å². The van der Waals surface area contributed by atoms with Gasteiger partial charge in [-0.05, 0) is 39.3 Å². The molecular weight excluding hydrogens is 316 g/mol. The van der Waals surface area contributed by atoms with Crippen LogP contribution in [-0.4, -0.2) is 31.4 Å². The van der Waals surface area contributed by atoms with Gasteiger partial charge < -0.3 is 4.74 Å². The van der Waals surface area contributed by atoms with E-state index >= 15 is 0 Å². The fourth-order valence-electron chi connectivity index (χ4n) is 1.28. The number of nitrogens with one attached hydrogen (secondary N) is 1. The molecule has 0 spiro atoms. The van der Waals surface area contributed by atoms with Crippen molar-refractivity contribution in [2.45, 2.75) is 66.0 Å². The first kappa shape index (κ1) is 23.6. The lowest BCUT2D eigenvalue weighted by molar-refractivity contribution is 0.0635. The zero-order valence-electron chi connectivity index (χ0n) is 15.6. The fraction of sp³-hybridized carbons (Fsp3) is 0.625. The molecule has 1 N–H and O–H groups in total. The number of aromatic nitrogens is 1. The van der Waals surface area contributed by atoms with Gasteiger partial charge in [-0.25, -0.2) is 18.2 Å². The summed E-state index contributed by atoms with van der Waals surface area (Å²) in [6.07, 6.45) is 1.77. The van der Waals surface area contributed by atoms with Crippen molar-refractivity contribution in [1.82, 2.24) is 4.98 Å². The van der Waals surface area contributed by atoms with E-state index < -0.39 is 21.5 Å². The Morgan fingerprint density at radius 3 is 2.00 bits per heavy atom. The van der Waals surface area contributed by atoms with Gasteiger partial charge in [0.1, 0.15) is 5.60 Å². The number of pyridine rings is 1. The molecule has 1 aromatic heterocycles. The van der Waals surface area contributed by atoms with Gasteiger partial charge >= 0.3 is 6.09 Å². The Kier molecular flexibility index (Phi) is 10.5. The standard InChI is InChI=1S/C12H18N2O4S.2C2H6/c1-8-6-10(19(5,16)17)13-7-9(8)14-11(15)18-12(2,3)4;2*1-2/h6-7H,1-5H3,(H,14,15);2*1-2H3.